The highest BCUT2D eigenvalue weighted by Gasteiger charge is 2.53. The van der Waals surface area contributed by atoms with Gasteiger partial charge in [-0.05, 0) is 105 Å². The van der Waals surface area contributed by atoms with Gasteiger partial charge in [0, 0.05) is 37.2 Å². The van der Waals surface area contributed by atoms with E-state index in [0.717, 1.165) is 43.4 Å². The zero-order valence-corrected chi connectivity index (χ0v) is 28.0. The highest BCUT2D eigenvalue weighted by molar-refractivity contribution is 7.92. The van der Waals surface area contributed by atoms with Crippen LogP contribution < -0.4 is 15.5 Å². The van der Waals surface area contributed by atoms with Crippen LogP contribution >= 0.6 is 0 Å². The number of alkyl halides is 1. The Morgan fingerprint density at radius 1 is 1.02 bits per heavy atom. The first kappa shape index (κ1) is 33.6. The fraction of sp³-hybridized carbons (Fsp3) is 0.600. The second-order valence-corrected chi connectivity index (χ2v) is 16.3. The van der Waals surface area contributed by atoms with Crippen LogP contribution in [-0.2, 0) is 24.8 Å². The van der Waals surface area contributed by atoms with Crippen molar-refractivity contribution in [2.75, 3.05) is 51.3 Å². The van der Waals surface area contributed by atoms with E-state index in [1.165, 1.54) is 20.1 Å². The number of alkyl carbamates (subject to hydrolysis) is 1. The Morgan fingerprint density at radius 3 is 2.34 bits per heavy atom. The number of rotatable bonds is 11. The molecule has 0 bridgehead atoms. The fourth-order valence-corrected chi connectivity index (χ4v) is 10.1. The molecule has 47 heavy (non-hydrogen) atoms. The van der Waals surface area contributed by atoms with Crippen molar-refractivity contribution >= 4 is 27.5 Å². The number of likely N-dealkylation sites (tertiary alicyclic amines) is 1. The molecule has 0 unspecified atom stereocenters. The molecule has 2 saturated carbocycles. The van der Waals surface area contributed by atoms with Crippen molar-refractivity contribution < 1.29 is 31.5 Å². The molecule has 2 amide bonds. The number of anilines is 1. The summed E-state index contributed by atoms with van der Waals surface area (Å²) < 4.78 is 60.8. The number of carbonyl (C=O) groups excluding carboxylic acids is 2. The minimum Gasteiger partial charge on any atom is -0.453 e. The van der Waals surface area contributed by atoms with Gasteiger partial charge in [-0.3, -0.25) is 9.69 Å². The van der Waals surface area contributed by atoms with E-state index in [1.54, 1.807) is 36.4 Å². The molecule has 0 aromatic heterocycles. The number of ether oxygens (including phenoxy) is 1. The summed E-state index contributed by atoms with van der Waals surface area (Å²) in [6, 6.07) is 13.2. The summed E-state index contributed by atoms with van der Waals surface area (Å²) in [6.45, 7) is 3.86. The van der Waals surface area contributed by atoms with Crippen LogP contribution in [0.1, 0.15) is 57.4 Å². The highest BCUT2D eigenvalue weighted by Crippen LogP contribution is 2.50. The van der Waals surface area contributed by atoms with Gasteiger partial charge >= 0.3 is 6.09 Å². The Bertz CT molecular complexity index is 1560. The Hall–Kier alpha value is -3.25. The molecule has 12 heteroatoms. The van der Waals surface area contributed by atoms with Gasteiger partial charge in [-0.1, -0.05) is 18.6 Å². The molecule has 2 N–H and O–H groups in total. The van der Waals surface area contributed by atoms with E-state index in [-0.39, 0.29) is 47.9 Å². The van der Waals surface area contributed by atoms with Crippen LogP contribution in [0.3, 0.4) is 0 Å². The van der Waals surface area contributed by atoms with Gasteiger partial charge in [0.2, 0.25) is 5.91 Å². The summed E-state index contributed by atoms with van der Waals surface area (Å²) in [6.07, 6.45) is 4.83. The second-order valence-electron chi connectivity index (χ2n) is 14.0. The first-order chi connectivity index (χ1) is 22.4. The smallest absolute Gasteiger partial charge is 0.407 e. The first-order valence-corrected chi connectivity index (χ1v) is 18.3. The quantitative estimate of drug-likeness (QED) is 0.360. The average molecular weight is 673 g/mol. The molecule has 2 aromatic rings. The van der Waals surface area contributed by atoms with Crippen LogP contribution in [0.25, 0.3) is 0 Å². The summed E-state index contributed by atoms with van der Waals surface area (Å²) in [7, 11) is -1.92. The largest absolute Gasteiger partial charge is 0.453 e. The van der Waals surface area contributed by atoms with E-state index >= 15 is 4.39 Å². The monoisotopic (exact) mass is 672 g/mol. The molecule has 2 aliphatic carbocycles. The highest BCUT2D eigenvalue weighted by atomic mass is 32.2. The fourth-order valence-electron chi connectivity index (χ4n) is 8.48. The Labute approximate surface area is 276 Å². The zero-order chi connectivity index (χ0) is 33.4. The number of amides is 2. The van der Waals surface area contributed by atoms with Crippen LogP contribution in [-0.4, -0.2) is 88.7 Å². The number of piperidine rings is 1. The summed E-state index contributed by atoms with van der Waals surface area (Å²) in [5.74, 6) is -0.538. The maximum absolute atomic E-state index is 16.0. The van der Waals surface area contributed by atoms with Crippen LogP contribution in [0.4, 0.5) is 19.3 Å². The van der Waals surface area contributed by atoms with Gasteiger partial charge in [-0.25, -0.2) is 22.0 Å². The van der Waals surface area contributed by atoms with Crippen molar-refractivity contribution in [3.05, 3.63) is 59.9 Å². The molecule has 2 aliphatic heterocycles. The summed E-state index contributed by atoms with van der Waals surface area (Å²) in [4.78, 5) is 29.1. The number of hydrogen-bond acceptors (Lipinski definition) is 7. The number of carbonyl (C=O) groups is 2. The lowest BCUT2D eigenvalue weighted by Crippen LogP contribution is -2.65. The third-order valence-electron chi connectivity index (χ3n) is 10.9. The predicted octanol–water partition coefficient (Wildman–Crippen LogP) is 4.60. The maximum atomic E-state index is 16.0. The molecule has 0 radical (unpaired) electrons. The van der Waals surface area contributed by atoms with Gasteiger partial charge in [0.15, 0.2) is 15.5 Å². The molecule has 9 nitrogen and oxygen atoms in total. The number of sulfone groups is 1. The van der Waals surface area contributed by atoms with E-state index in [0.29, 0.717) is 43.9 Å². The van der Waals surface area contributed by atoms with Gasteiger partial charge in [0.1, 0.15) is 5.82 Å². The summed E-state index contributed by atoms with van der Waals surface area (Å²) in [5, 5.41) is 5.82. The summed E-state index contributed by atoms with van der Waals surface area (Å²) >= 11 is 0. The number of nitrogens with zero attached hydrogens (tertiary/aromatic N) is 2. The molecule has 4 aliphatic rings. The van der Waals surface area contributed by atoms with Crippen LogP contribution in [0.15, 0.2) is 53.4 Å². The lowest BCUT2D eigenvalue weighted by molar-refractivity contribution is -0.119. The van der Waals surface area contributed by atoms with Gasteiger partial charge < -0.3 is 20.3 Å². The molecule has 6 rings (SSSR count). The van der Waals surface area contributed by atoms with E-state index in [1.807, 2.05) is 11.0 Å². The molecule has 2 aromatic carbocycles. The second kappa shape index (κ2) is 13.3. The van der Waals surface area contributed by atoms with Gasteiger partial charge in [-0.15, -0.1) is 0 Å². The van der Waals surface area contributed by atoms with Crippen molar-refractivity contribution in [1.82, 2.24) is 15.5 Å². The van der Waals surface area contributed by atoms with E-state index in [4.69, 9.17) is 4.74 Å². The normalized spacial score (nSPS) is 24.6. The number of halogens is 2. The number of benzene rings is 2. The predicted molar refractivity (Wildman–Crippen MR) is 175 cm³/mol. The van der Waals surface area contributed by atoms with Crippen molar-refractivity contribution in [3.8, 4) is 0 Å². The van der Waals surface area contributed by atoms with Crippen LogP contribution in [0, 0.1) is 17.7 Å². The minimum atomic E-state index is -3.26. The molecular formula is C35H46F2N4O5S. The van der Waals surface area contributed by atoms with Crippen LogP contribution in [0.5, 0.6) is 0 Å². The standard InChI is InChI=1S/C35H46F2N4O5S/c1-24(42)38-20-35(26-5-3-6-27(36)19-26,31-7-4-8-32(31)39-33(43)46-2)25-15-17-40(18-16-25)21-34(37)22-41(23-34)28-9-11-29(12-10-28)47(44,45)30-13-14-30/h3,5-6,9-12,19,25,30-32H,4,7-8,13-18,20-23H2,1-2H3,(H,38,42)(H,39,43)/t31-,32-,35-/m0/s1. The van der Waals surface area contributed by atoms with Gasteiger partial charge in [-0.2, -0.15) is 0 Å². The minimum absolute atomic E-state index is 0.0522. The molecule has 4 fully saturated rings. The van der Waals surface area contributed by atoms with Crippen molar-refractivity contribution in [2.45, 2.75) is 79.1 Å². The van der Waals surface area contributed by atoms with Gasteiger partial charge in [0.05, 0.1) is 30.3 Å². The van der Waals surface area contributed by atoms with Crippen LogP contribution in [0.2, 0.25) is 0 Å². The first-order valence-electron chi connectivity index (χ1n) is 16.8. The number of nitrogens with one attached hydrogen (secondary N) is 2. The van der Waals surface area contributed by atoms with E-state index < -0.39 is 27.0 Å². The Balaban J connectivity index is 1.15. The SMILES string of the molecule is COC(=O)N[C@H]1CCC[C@@H]1[C@](CNC(C)=O)(c1cccc(F)c1)C1CCN(CC2(F)CN(c3ccc(S(=O)(=O)C4CC4)cc3)C2)CC1. The Kier molecular flexibility index (Phi) is 9.55. The topological polar surface area (TPSA) is 108 Å². The van der Waals surface area contributed by atoms with Crippen molar-refractivity contribution in [3.63, 3.8) is 0 Å². The van der Waals surface area contributed by atoms with E-state index in [9.17, 15) is 22.4 Å². The summed E-state index contributed by atoms with van der Waals surface area (Å²) in [5.41, 5.74) is -0.415. The lowest BCUT2D eigenvalue weighted by Gasteiger charge is -2.52. The maximum Gasteiger partial charge on any atom is 0.407 e. The van der Waals surface area contributed by atoms with E-state index in [2.05, 4.69) is 15.5 Å². The number of hydrogen-bond donors (Lipinski definition) is 2. The molecule has 2 saturated heterocycles. The third kappa shape index (κ3) is 6.99. The molecule has 2 heterocycles. The number of methoxy groups -OCH3 is 1. The molecular weight excluding hydrogens is 626 g/mol. The zero-order valence-electron chi connectivity index (χ0n) is 27.2. The lowest BCUT2D eigenvalue weighted by atomic mass is 9.58. The molecule has 256 valence electrons. The molecule has 0 spiro atoms. The van der Waals surface area contributed by atoms with Crippen molar-refractivity contribution in [1.29, 1.82) is 0 Å². The van der Waals surface area contributed by atoms with Gasteiger partial charge in [0.25, 0.3) is 0 Å². The van der Waals surface area contributed by atoms with Crippen molar-refractivity contribution in [2.24, 2.45) is 11.8 Å². The molecule has 3 atom stereocenters. The average Bonchev–Trinajstić information content (AvgIpc) is 3.81. The Morgan fingerprint density at radius 2 is 1.72 bits per heavy atom. The third-order valence-corrected chi connectivity index (χ3v) is 13.2.